The number of carboxylic acid groups (broad SMARTS) is 1. The van der Waals surface area contributed by atoms with E-state index in [1.165, 1.54) is 24.3 Å². The highest BCUT2D eigenvalue weighted by molar-refractivity contribution is 5.87. The molecule has 22 heavy (non-hydrogen) atoms. The van der Waals surface area contributed by atoms with Gasteiger partial charge in [-0.15, -0.1) is 0 Å². The zero-order valence-corrected chi connectivity index (χ0v) is 10.7. The van der Waals surface area contributed by atoms with Gasteiger partial charge in [0.1, 0.15) is 6.20 Å². The number of alkyl halides is 3. The maximum Gasteiger partial charge on any atom is 0.442 e. The minimum atomic E-state index is -4.93. The number of aromatic carboxylic acids is 1. The standard InChI is InChI=1S/C12H8F3N3O4/c13-12(14,15)10-9(18(21)22)6-17(16-10)5-7-1-3-8(4-2-7)11(19)20/h1-4,6H,5H2,(H,19,20). The molecule has 0 saturated heterocycles. The molecule has 0 radical (unpaired) electrons. The molecule has 116 valence electrons. The summed E-state index contributed by atoms with van der Waals surface area (Å²) in [5, 5.41) is 22.6. The third-order valence-corrected chi connectivity index (χ3v) is 2.75. The van der Waals surface area contributed by atoms with Gasteiger partial charge in [0.25, 0.3) is 0 Å². The maximum absolute atomic E-state index is 12.7. The third-order valence-electron chi connectivity index (χ3n) is 2.75. The van der Waals surface area contributed by atoms with Crippen molar-refractivity contribution in [3.63, 3.8) is 0 Å². The Balaban J connectivity index is 2.30. The van der Waals surface area contributed by atoms with E-state index >= 15 is 0 Å². The molecule has 0 atom stereocenters. The van der Waals surface area contributed by atoms with Gasteiger partial charge in [0.05, 0.1) is 17.0 Å². The van der Waals surface area contributed by atoms with E-state index in [-0.39, 0.29) is 12.1 Å². The number of hydrogen-bond donors (Lipinski definition) is 1. The quantitative estimate of drug-likeness (QED) is 0.690. The summed E-state index contributed by atoms with van der Waals surface area (Å²) in [5.74, 6) is -1.14. The fourth-order valence-electron chi connectivity index (χ4n) is 1.77. The molecule has 0 amide bonds. The van der Waals surface area contributed by atoms with Crippen LogP contribution in [-0.2, 0) is 12.7 Å². The number of rotatable bonds is 4. The van der Waals surface area contributed by atoms with Crippen molar-refractivity contribution >= 4 is 11.7 Å². The van der Waals surface area contributed by atoms with Gasteiger partial charge in [-0.3, -0.25) is 14.8 Å². The van der Waals surface area contributed by atoms with Crippen molar-refractivity contribution in [3.05, 3.63) is 57.4 Å². The Labute approximate surface area is 120 Å². The van der Waals surface area contributed by atoms with Crippen LogP contribution in [0, 0.1) is 10.1 Å². The first-order valence-corrected chi connectivity index (χ1v) is 5.80. The minimum absolute atomic E-state index is 0.0196. The van der Waals surface area contributed by atoms with Crippen LogP contribution >= 0.6 is 0 Å². The van der Waals surface area contributed by atoms with Gasteiger partial charge in [0.2, 0.25) is 5.69 Å². The van der Waals surface area contributed by atoms with Gasteiger partial charge in [-0.05, 0) is 17.7 Å². The molecule has 0 aliphatic carbocycles. The summed E-state index contributed by atoms with van der Waals surface area (Å²) in [7, 11) is 0. The van der Waals surface area contributed by atoms with Gasteiger partial charge < -0.3 is 5.11 Å². The van der Waals surface area contributed by atoms with Crippen molar-refractivity contribution in [1.82, 2.24) is 9.78 Å². The summed E-state index contributed by atoms with van der Waals surface area (Å²) in [6.07, 6.45) is -4.24. The molecule has 0 unspecified atom stereocenters. The molecule has 0 bridgehead atoms. The minimum Gasteiger partial charge on any atom is -0.478 e. The highest BCUT2D eigenvalue weighted by Gasteiger charge is 2.42. The summed E-state index contributed by atoms with van der Waals surface area (Å²) in [6.45, 7) is -0.156. The second-order valence-electron chi connectivity index (χ2n) is 4.32. The number of carboxylic acids is 1. The summed E-state index contributed by atoms with van der Waals surface area (Å²) in [5.41, 5.74) is -2.23. The Bertz CT molecular complexity index is 722. The van der Waals surface area contributed by atoms with Crippen LogP contribution in [0.5, 0.6) is 0 Å². The molecule has 2 rings (SSSR count). The molecule has 1 aromatic carbocycles. The van der Waals surface area contributed by atoms with Crippen molar-refractivity contribution in [3.8, 4) is 0 Å². The molecule has 0 spiro atoms. The first-order valence-electron chi connectivity index (χ1n) is 5.80. The molecule has 0 aliphatic heterocycles. The van der Waals surface area contributed by atoms with E-state index < -0.39 is 28.5 Å². The van der Waals surface area contributed by atoms with Crippen molar-refractivity contribution in [1.29, 1.82) is 0 Å². The lowest BCUT2D eigenvalue weighted by Crippen LogP contribution is -2.10. The van der Waals surface area contributed by atoms with E-state index in [1.807, 2.05) is 0 Å². The van der Waals surface area contributed by atoms with E-state index in [4.69, 9.17) is 5.11 Å². The molecule has 7 nitrogen and oxygen atoms in total. The van der Waals surface area contributed by atoms with Crippen molar-refractivity contribution < 1.29 is 28.0 Å². The van der Waals surface area contributed by atoms with E-state index in [9.17, 15) is 28.1 Å². The van der Waals surface area contributed by atoms with Gasteiger partial charge in [-0.25, -0.2) is 4.79 Å². The van der Waals surface area contributed by atoms with E-state index in [0.717, 1.165) is 4.68 Å². The fraction of sp³-hybridized carbons (Fsp3) is 0.167. The number of nitrogens with zero attached hydrogens (tertiary/aromatic N) is 3. The second-order valence-corrected chi connectivity index (χ2v) is 4.32. The number of benzene rings is 1. The average Bonchev–Trinajstić information content (AvgIpc) is 2.83. The zero-order valence-electron chi connectivity index (χ0n) is 10.7. The lowest BCUT2D eigenvalue weighted by Gasteiger charge is -2.03. The Morgan fingerprint density at radius 1 is 1.32 bits per heavy atom. The number of hydrogen-bond acceptors (Lipinski definition) is 4. The molecular weight excluding hydrogens is 307 g/mol. The number of aromatic nitrogens is 2. The molecular formula is C12H8F3N3O4. The highest BCUT2D eigenvalue weighted by atomic mass is 19.4. The fourth-order valence-corrected chi connectivity index (χ4v) is 1.77. The monoisotopic (exact) mass is 315 g/mol. The van der Waals surface area contributed by atoms with Crippen LogP contribution in [0.2, 0.25) is 0 Å². The summed E-state index contributed by atoms with van der Waals surface area (Å²) < 4.78 is 38.8. The van der Waals surface area contributed by atoms with Crippen molar-refractivity contribution in [2.45, 2.75) is 12.7 Å². The van der Waals surface area contributed by atoms with Crippen molar-refractivity contribution in [2.75, 3.05) is 0 Å². The Hall–Kier alpha value is -2.91. The predicted octanol–water partition coefficient (Wildman–Crippen LogP) is 2.56. The average molecular weight is 315 g/mol. The van der Waals surface area contributed by atoms with Gasteiger partial charge in [-0.2, -0.15) is 18.3 Å². The molecule has 1 aromatic heterocycles. The molecule has 0 aliphatic rings. The van der Waals surface area contributed by atoms with E-state index in [1.54, 1.807) is 0 Å². The Morgan fingerprint density at radius 2 is 1.91 bits per heavy atom. The van der Waals surface area contributed by atoms with Crippen LogP contribution < -0.4 is 0 Å². The largest absolute Gasteiger partial charge is 0.478 e. The van der Waals surface area contributed by atoms with E-state index in [2.05, 4.69) is 5.10 Å². The second kappa shape index (κ2) is 5.47. The topological polar surface area (TPSA) is 98.3 Å². The van der Waals surface area contributed by atoms with Crippen LogP contribution in [0.3, 0.4) is 0 Å². The molecule has 0 fully saturated rings. The normalized spacial score (nSPS) is 11.4. The third kappa shape index (κ3) is 3.22. The maximum atomic E-state index is 12.7. The number of nitro groups is 1. The lowest BCUT2D eigenvalue weighted by molar-refractivity contribution is -0.388. The van der Waals surface area contributed by atoms with Gasteiger partial charge >= 0.3 is 17.8 Å². The van der Waals surface area contributed by atoms with Gasteiger partial charge in [0, 0.05) is 0 Å². The molecule has 1 heterocycles. The predicted molar refractivity (Wildman–Crippen MR) is 66.4 cm³/mol. The number of halogens is 3. The first-order chi connectivity index (χ1) is 10.2. The number of carbonyl (C=O) groups is 1. The first kappa shape index (κ1) is 15.5. The van der Waals surface area contributed by atoms with Crippen LogP contribution in [0.25, 0.3) is 0 Å². The molecule has 2 aromatic rings. The van der Waals surface area contributed by atoms with Crippen LogP contribution in [0.15, 0.2) is 30.5 Å². The molecule has 0 saturated carbocycles. The zero-order chi connectivity index (χ0) is 16.5. The summed E-state index contributed by atoms with van der Waals surface area (Å²) in [4.78, 5) is 20.2. The molecule has 1 N–H and O–H groups in total. The summed E-state index contributed by atoms with van der Waals surface area (Å²) >= 11 is 0. The van der Waals surface area contributed by atoms with Crippen LogP contribution in [0.1, 0.15) is 21.6 Å². The molecule has 10 heteroatoms. The van der Waals surface area contributed by atoms with Gasteiger partial charge in [-0.1, -0.05) is 12.1 Å². The van der Waals surface area contributed by atoms with E-state index in [0.29, 0.717) is 11.8 Å². The van der Waals surface area contributed by atoms with Crippen LogP contribution in [0.4, 0.5) is 18.9 Å². The lowest BCUT2D eigenvalue weighted by atomic mass is 10.1. The SMILES string of the molecule is O=C(O)c1ccc(Cn2cc([N+](=O)[O-])c(C(F)(F)F)n2)cc1. The van der Waals surface area contributed by atoms with Crippen LogP contribution in [-0.4, -0.2) is 25.8 Å². The Kier molecular flexibility index (Phi) is 3.85. The summed E-state index contributed by atoms with van der Waals surface area (Å²) in [6, 6.07) is 5.34. The highest BCUT2D eigenvalue weighted by Crippen LogP contribution is 2.34. The van der Waals surface area contributed by atoms with Crippen molar-refractivity contribution in [2.24, 2.45) is 0 Å². The smallest absolute Gasteiger partial charge is 0.442 e. The van der Waals surface area contributed by atoms with Gasteiger partial charge in [0.15, 0.2) is 0 Å². The Morgan fingerprint density at radius 3 is 2.32 bits per heavy atom.